The topological polar surface area (TPSA) is 151 Å². The lowest BCUT2D eigenvalue weighted by atomic mass is 9.62. The van der Waals surface area contributed by atoms with Gasteiger partial charge in [-0.1, -0.05) is 17.3 Å². The van der Waals surface area contributed by atoms with Gasteiger partial charge in [0.05, 0.1) is 18.0 Å². The smallest absolute Gasteiger partial charge is 0.253 e. The van der Waals surface area contributed by atoms with Gasteiger partial charge in [0.25, 0.3) is 11.8 Å². The van der Waals surface area contributed by atoms with Crippen molar-refractivity contribution in [3.8, 4) is 6.07 Å². The van der Waals surface area contributed by atoms with E-state index in [2.05, 4.69) is 32.0 Å². The van der Waals surface area contributed by atoms with Crippen LogP contribution in [0.3, 0.4) is 0 Å². The number of tetrazole rings is 1. The third-order valence-electron chi connectivity index (χ3n) is 8.48. The van der Waals surface area contributed by atoms with Gasteiger partial charge < -0.3 is 20.0 Å². The molecule has 2 aromatic carbocycles. The van der Waals surface area contributed by atoms with Crippen LogP contribution in [0.4, 0.5) is 0 Å². The fourth-order valence-corrected chi connectivity index (χ4v) is 6.43. The van der Waals surface area contributed by atoms with E-state index in [9.17, 15) is 19.6 Å². The van der Waals surface area contributed by atoms with Crippen molar-refractivity contribution in [2.75, 3.05) is 41.3 Å². The van der Waals surface area contributed by atoms with E-state index in [4.69, 9.17) is 0 Å². The Balaban J connectivity index is 1.58. The van der Waals surface area contributed by atoms with Crippen LogP contribution in [-0.4, -0.2) is 106 Å². The Hall–Kier alpha value is -4.63. The molecule has 2 heterocycles. The predicted molar refractivity (Wildman–Crippen MR) is 158 cm³/mol. The molecule has 0 unspecified atom stereocenters. The molecule has 3 amide bonds. The first-order valence-corrected chi connectivity index (χ1v) is 14.4. The molecule has 5 rings (SSSR count). The lowest BCUT2D eigenvalue weighted by Crippen LogP contribution is -2.46. The van der Waals surface area contributed by atoms with Gasteiger partial charge in [0.15, 0.2) is 5.82 Å². The third kappa shape index (κ3) is 5.48. The molecule has 1 aromatic heterocycles. The summed E-state index contributed by atoms with van der Waals surface area (Å²) in [5.74, 6) is 0.132. The molecular weight excluding hydrogens is 546 g/mol. The molecule has 2 aliphatic rings. The molecule has 43 heavy (non-hydrogen) atoms. The fraction of sp³-hybridized carbons (Fsp3) is 0.452. The minimum atomic E-state index is -0.895. The molecule has 3 aromatic rings. The average molecular weight is 584 g/mol. The highest BCUT2D eigenvalue weighted by Gasteiger charge is 2.47. The summed E-state index contributed by atoms with van der Waals surface area (Å²) in [5, 5.41) is 28.3. The van der Waals surface area contributed by atoms with Crippen molar-refractivity contribution in [2.24, 2.45) is 0 Å². The SMILES string of the molecule is C[C@@H](CC1(c2nn[nH]n2)c2ccc(C(=O)N(C)C)cc2Cc2cc(C(=O)N(C)C)ccc21)NCC(=O)N1CCC[C@H]1C#N. The van der Waals surface area contributed by atoms with Gasteiger partial charge >= 0.3 is 0 Å². The second-order valence-corrected chi connectivity index (χ2v) is 11.8. The molecule has 1 fully saturated rings. The Bertz CT molecular complexity index is 1510. The third-order valence-corrected chi connectivity index (χ3v) is 8.48. The molecule has 1 aliphatic carbocycles. The second kappa shape index (κ2) is 11.9. The summed E-state index contributed by atoms with van der Waals surface area (Å²) in [7, 11) is 6.87. The first kappa shape index (κ1) is 29.8. The first-order chi connectivity index (χ1) is 20.6. The number of amides is 3. The number of aromatic amines is 1. The molecule has 1 saturated heterocycles. The molecule has 224 valence electrons. The largest absolute Gasteiger partial charge is 0.345 e. The summed E-state index contributed by atoms with van der Waals surface area (Å²) < 4.78 is 0. The number of nitrogens with one attached hydrogen (secondary N) is 2. The monoisotopic (exact) mass is 583 g/mol. The van der Waals surface area contributed by atoms with Crippen LogP contribution in [0.2, 0.25) is 0 Å². The Morgan fingerprint density at radius 2 is 1.67 bits per heavy atom. The van der Waals surface area contributed by atoms with E-state index in [0.29, 0.717) is 42.8 Å². The number of carbonyl (C=O) groups excluding carboxylic acids is 3. The number of nitrogens with zero attached hydrogens (tertiary/aromatic N) is 7. The Morgan fingerprint density at radius 3 is 2.19 bits per heavy atom. The molecule has 0 saturated carbocycles. The lowest BCUT2D eigenvalue weighted by Gasteiger charge is -2.41. The van der Waals surface area contributed by atoms with Gasteiger partial charge in [0.2, 0.25) is 5.91 Å². The number of nitriles is 1. The highest BCUT2D eigenvalue weighted by Crippen LogP contribution is 2.48. The Kier molecular flexibility index (Phi) is 8.28. The van der Waals surface area contributed by atoms with Crippen LogP contribution < -0.4 is 5.32 Å². The number of carbonyl (C=O) groups is 3. The summed E-state index contributed by atoms with van der Waals surface area (Å²) >= 11 is 0. The average Bonchev–Trinajstić information content (AvgIpc) is 3.71. The molecule has 0 bridgehead atoms. The Labute approximate surface area is 251 Å². The summed E-state index contributed by atoms with van der Waals surface area (Å²) in [6.07, 6.45) is 2.50. The normalized spacial score (nSPS) is 17.4. The number of fused-ring (bicyclic) bond motifs is 2. The van der Waals surface area contributed by atoms with Gasteiger partial charge in [0.1, 0.15) is 6.04 Å². The van der Waals surface area contributed by atoms with Crippen LogP contribution in [0.15, 0.2) is 36.4 Å². The van der Waals surface area contributed by atoms with Crippen molar-refractivity contribution in [3.63, 3.8) is 0 Å². The zero-order valence-corrected chi connectivity index (χ0v) is 25.2. The maximum atomic E-state index is 13.0. The number of likely N-dealkylation sites (tertiary alicyclic amines) is 1. The van der Waals surface area contributed by atoms with Crippen LogP contribution in [0, 0.1) is 11.3 Å². The quantitative estimate of drug-likeness (QED) is 0.407. The van der Waals surface area contributed by atoms with Crippen molar-refractivity contribution < 1.29 is 14.4 Å². The van der Waals surface area contributed by atoms with E-state index in [1.54, 1.807) is 42.9 Å². The maximum Gasteiger partial charge on any atom is 0.253 e. The molecular formula is C31H37N9O3. The summed E-state index contributed by atoms with van der Waals surface area (Å²) in [4.78, 5) is 43.6. The number of benzene rings is 2. The number of H-pyrrole nitrogens is 1. The Morgan fingerprint density at radius 1 is 1.07 bits per heavy atom. The van der Waals surface area contributed by atoms with Crippen molar-refractivity contribution in [3.05, 3.63) is 75.6 Å². The van der Waals surface area contributed by atoms with Crippen LogP contribution in [0.1, 0.15) is 75.0 Å². The van der Waals surface area contributed by atoms with Crippen molar-refractivity contribution in [1.29, 1.82) is 5.26 Å². The molecule has 12 heteroatoms. The van der Waals surface area contributed by atoms with Crippen LogP contribution in [-0.2, 0) is 16.6 Å². The van der Waals surface area contributed by atoms with Gasteiger partial charge in [-0.3, -0.25) is 14.4 Å². The second-order valence-electron chi connectivity index (χ2n) is 11.8. The minimum Gasteiger partial charge on any atom is -0.345 e. The van der Waals surface area contributed by atoms with Crippen molar-refractivity contribution >= 4 is 17.7 Å². The molecule has 0 radical (unpaired) electrons. The number of hydrogen-bond acceptors (Lipinski definition) is 8. The van der Waals surface area contributed by atoms with Gasteiger partial charge in [-0.15, -0.1) is 10.2 Å². The van der Waals surface area contributed by atoms with E-state index in [0.717, 1.165) is 28.7 Å². The fourth-order valence-electron chi connectivity index (χ4n) is 6.43. The standard InChI is InChI=1S/C31H37N9O3/c1-19(33-18-27(41)40-12-6-7-24(40)17-32)16-31(30-34-36-37-35-30)25-10-8-20(28(42)38(2)3)13-22(25)15-23-14-21(9-11-26(23)31)29(43)39(4)5/h8-11,13-14,19,24,33H,6-7,12,15-16,18H2,1-5H3,(H,34,35,36,37)/t19-,24-/m0/s1. The van der Waals surface area contributed by atoms with Crippen LogP contribution >= 0.6 is 0 Å². The van der Waals surface area contributed by atoms with Gasteiger partial charge in [-0.25, -0.2) is 0 Å². The molecule has 0 spiro atoms. The van der Waals surface area contributed by atoms with E-state index in [-0.39, 0.29) is 36.3 Å². The highest BCUT2D eigenvalue weighted by atomic mass is 16.2. The lowest BCUT2D eigenvalue weighted by molar-refractivity contribution is -0.130. The summed E-state index contributed by atoms with van der Waals surface area (Å²) in [5.41, 5.74) is 3.95. The maximum absolute atomic E-state index is 13.0. The molecule has 2 N–H and O–H groups in total. The van der Waals surface area contributed by atoms with Gasteiger partial charge in [0, 0.05) is 51.9 Å². The van der Waals surface area contributed by atoms with Crippen LogP contribution in [0.5, 0.6) is 0 Å². The molecule has 12 nitrogen and oxygen atoms in total. The number of hydrogen-bond donors (Lipinski definition) is 2. The van der Waals surface area contributed by atoms with Crippen LogP contribution in [0.25, 0.3) is 0 Å². The predicted octanol–water partition coefficient (Wildman–Crippen LogP) is 1.72. The van der Waals surface area contributed by atoms with Crippen molar-refractivity contribution in [1.82, 2.24) is 40.6 Å². The van der Waals surface area contributed by atoms with E-state index >= 15 is 0 Å². The molecule has 1 aliphatic heterocycles. The first-order valence-electron chi connectivity index (χ1n) is 14.4. The summed E-state index contributed by atoms with van der Waals surface area (Å²) in [6, 6.07) is 13.0. The highest BCUT2D eigenvalue weighted by molar-refractivity contribution is 5.95. The van der Waals surface area contributed by atoms with Gasteiger partial charge in [-0.2, -0.15) is 10.5 Å². The number of aromatic nitrogens is 4. The molecule has 2 atom stereocenters. The number of rotatable bonds is 8. The van der Waals surface area contributed by atoms with E-state index in [1.165, 1.54) is 0 Å². The zero-order chi connectivity index (χ0) is 30.9. The van der Waals surface area contributed by atoms with E-state index in [1.807, 2.05) is 43.3 Å². The summed E-state index contributed by atoms with van der Waals surface area (Å²) in [6.45, 7) is 2.68. The van der Waals surface area contributed by atoms with E-state index < -0.39 is 5.41 Å². The van der Waals surface area contributed by atoms with Gasteiger partial charge in [-0.05, 0) is 79.1 Å². The zero-order valence-electron chi connectivity index (χ0n) is 25.2. The minimum absolute atomic E-state index is 0.0912. The van der Waals surface area contributed by atoms with Crippen molar-refractivity contribution in [2.45, 2.75) is 50.1 Å².